The Labute approximate surface area is 181 Å². The van der Waals surface area contributed by atoms with Crippen molar-refractivity contribution in [2.45, 2.75) is 89.6 Å². The van der Waals surface area contributed by atoms with Crippen LogP contribution in [0.15, 0.2) is 6.07 Å². The molecule has 2 fully saturated rings. The van der Waals surface area contributed by atoms with E-state index in [1.54, 1.807) is 6.07 Å². The smallest absolute Gasteiger partial charge is 0.378 e. The predicted octanol–water partition coefficient (Wildman–Crippen LogP) is 4.49. The van der Waals surface area contributed by atoms with E-state index in [2.05, 4.69) is 10.4 Å². The van der Waals surface area contributed by atoms with Crippen molar-refractivity contribution in [1.82, 2.24) is 14.7 Å². The maximum absolute atomic E-state index is 13.8. The Balaban J connectivity index is 1.47. The first-order valence-corrected chi connectivity index (χ1v) is 11.3. The molecule has 0 saturated carbocycles. The summed E-state index contributed by atoms with van der Waals surface area (Å²) in [7, 11) is 0. The number of carbonyl (C=O) groups is 1. The monoisotopic (exact) mass is 442 g/mol. The van der Waals surface area contributed by atoms with Crippen molar-refractivity contribution in [3.8, 4) is 0 Å². The predicted molar refractivity (Wildman–Crippen MR) is 111 cm³/mol. The summed E-state index contributed by atoms with van der Waals surface area (Å²) in [5.41, 5.74) is 0.326. The van der Waals surface area contributed by atoms with Gasteiger partial charge >= 0.3 is 6.18 Å². The van der Waals surface area contributed by atoms with E-state index in [4.69, 9.17) is 4.74 Å². The first-order valence-electron chi connectivity index (χ1n) is 11.3. The summed E-state index contributed by atoms with van der Waals surface area (Å²) in [6.07, 6.45) is -0.264. The fourth-order valence-electron chi connectivity index (χ4n) is 4.88. The molecule has 0 unspecified atom stereocenters. The van der Waals surface area contributed by atoms with E-state index < -0.39 is 12.2 Å². The number of amides is 1. The second-order valence-electron chi connectivity index (χ2n) is 10.3. The van der Waals surface area contributed by atoms with Gasteiger partial charge in [0.2, 0.25) is 5.91 Å². The molecule has 4 rings (SSSR count). The van der Waals surface area contributed by atoms with Crippen molar-refractivity contribution in [2.75, 3.05) is 25.0 Å². The Morgan fingerprint density at radius 2 is 2.03 bits per heavy atom. The number of hydrogen-bond acceptors (Lipinski definition) is 4. The maximum atomic E-state index is 13.8. The Kier molecular flexibility index (Phi) is 6.00. The highest BCUT2D eigenvalue weighted by molar-refractivity contribution is 5.77. The van der Waals surface area contributed by atoms with E-state index in [9.17, 15) is 18.0 Å². The molecule has 3 aliphatic rings. The zero-order valence-corrected chi connectivity index (χ0v) is 18.5. The van der Waals surface area contributed by atoms with Gasteiger partial charge in [-0.15, -0.1) is 0 Å². The summed E-state index contributed by atoms with van der Waals surface area (Å²) in [4.78, 5) is 14.5. The molecule has 0 spiro atoms. The van der Waals surface area contributed by atoms with E-state index in [1.807, 2.05) is 25.7 Å². The number of alkyl halides is 3. The summed E-state index contributed by atoms with van der Waals surface area (Å²) < 4.78 is 48.2. The van der Waals surface area contributed by atoms with Crippen molar-refractivity contribution in [2.24, 2.45) is 5.41 Å². The van der Waals surface area contributed by atoms with E-state index in [0.717, 1.165) is 23.9 Å². The molecule has 1 amide bonds. The lowest BCUT2D eigenvalue weighted by Gasteiger charge is -2.39. The molecule has 31 heavy (non-hydrogen) atoms. The van der Waals surface area contributed by atoms with E-state index in [1.165, 1.54) is 0 Å². The average Bonchev–Trinajstić information content (AvgIpc) is 3.33. The highest BCUT2D eigenvalue weighted by atomic mass is 19.4. The van der Waals surface area contributed by atoms with Crippen molar-refractivity contribution < 1.29 is 22.7 Å². The second kappa shape index (κ2) is 8.30. The summed E-state index contributed by atoms with van der Waals surface area (Å²) in [6.45, 7) is 7.66. The van der Waals surface area contributed by atoms with Crippen molar-refractivity contribution in [3.05, 3.63) is 11.8 Å². The van der Waals surface area contributed by atoms with E-state index in [-0.39, 0.29) is 35.8 Å². The topological polar surface area (TPSA) is 59.4 Å². The zero-order chi connectivity index (χ0) is 22.4. The summed E-state index contributed by atoms with van der Waals surface area (Å²) >= 11 is 0. The third-order valence-electron chi connectivity index (χ3n) is 6.89. The quantitative estimate of drug-likeness (QED) is 0.749. The fourth-order valence-corrected chi connectivity index (χ4v) is 4.88. The van der Waals surface area contributed by atoms with Crippen LogP contribution in [0.5, 0.6) is 0 Å². The lowest BCUT2D eigenvalue weighted by molar-refractivity contribution is -0.175. The summed E-state index contributed by atoms with van der Waals surface area (Å²) in [6, 6.07) is -0.183. The second-order valence-corrected chi connectivity index (χ2v) is 10.3. The van der Waals surface area contributed by atoms with Gasteiger partial charge in [0.25, 0.3) is 0 Å². The standard InChI is InChI=1S/C22H33F3N4O2/c1-21(2,3)17-12-18(22(23,24)25)29-19(26-17)11-16(27-29)14-7-8-28(13-14)20(30)10-15-6-4-5-9-31-15/h11,14-15,17-18,26H,4-10,12-13H2,1-3H3/t14-,15+,17-,18+/m0/s1. The Morgan fingerprint density at radius 1 is 1.26 bits per heavy atom. The molecular formula is C22H33F3N4O2. The lowest BCUT2D eigenvalue weighted by Crippen LogP contribution is -2.44. The first-order chi connectivity index (χ1) is 14.5. The van der Waals surface area contributed by atoms with Crippen LogP contribution in [0.4, 0.5) is 19.0 Å². The van der Waals surface area contributed by atoms with Gasteiger partial charge in [0.05, 0.1) is 18.2 Å². The van der Waals surface area contributed by atoms with Gasteiger partial charge in [-0.1, -0.05) is 20.8 Å². The molecule has 9 heteroatoms. The van der Waals surface area contributed by atoms with Crippen molar-refractivity contribution in [3.63, 3.8) is 0 Å². The van der Waals surface area contributed by atoms with Gasteiger partial charge in [-0.25, -0.2) is 4.68 Å². The molecular weight excluding hydrogens is 409 g/mol. The van der Waals surface area contributed by atoms with Crippen LogP contribution >= 0.6 is 0 Å². The first kappa shape index (κ1) is 22.4. The van der Waals surface area contributed by atoms with Crippen LogP contribution in [0.25, 0.3) is 0 Å². The SMILES string of the molecule is CC(C)(C)[C@@H]1C[C@H](C(F)(F)F)n2nc([C@H]3CCN(C(=O)C[C@H]4CCCCO4)C3)cc2N1. The van der Waals surface area contributed by atoms with Gasteiger partial charge in [-0.05, 0) is 37.5 Å². The molecule has 0 radical (unpaired) electrons. The number of hydrogen-bond donors (Lipinski definition) is 1. The van der Waals surface area contributed by atoms with Crippen LogP contribution in [0.3, 0.4) is 0 Å². The fraction of sp³-hybridized carbons (Fsp3) is 0.818. The van der Waals surface area contributed by atoms with Gasteiger partial charge in [0.15, 0.2) is 6.04 Å². The summed E-state index contributed by atoms with van der Waals surface area (Å²) in [5.74, 6) is 0.444. The zero-order valence-electron chi connectivity index (χ0n) is 18.5. The highest BCUT2D eigenvalue weighted by Crippen LogP contribution is 2.44. The molecule has 4 heterocycles. The molecule has 0 bridgehead atoms. The molecule has 1 N–H and O–H groups in total. The maximum Gasteiger partial charge on any atom is 0.410 e. The third kappa shape index (κ3) is 4.86. The van der Waals surface area contributed by atoms with E-state index >= 15 is 0 Å². The van der Waals surface area contributed by atoms with Crippen LogP contribution in [0.2, 0.25) is 0 Å². The largest absolute Gasteiger partial charge is 0.410 e. The molecule has 174 valence electrons. The number of fused-ring (bicyclic) bond motifs is 1. The molecule has 0 aliphatic carbocycles. The number of aromatic nitrogens is 2. The highest BCUT2D eigenvalue weighted by Gasteiger charge is 2.48. The van der Waals surface area contributed by atoms with Gasteiger partial charge in [-0.3, -0.25) is 4.79 Å². The normalized spacial score (nSPS) is 29.5. The minimum absolute atomic E-state index is 0.00806. The number of anilines is 1. The van der Waals surface area contributed by atoms with Crippen LogP contribution in [-0.4, -0.2) is 58.6 Å². The summed E-state index contributed by atoms with van der Waals surface area (Å²) in [5, 5.41) is 7.65. The van der Waals surface area contributed by atoms with E-state index in [0.29, 0.717) is 44.0 Å². The molecule has 2 saturated heterocycles. The number of rotatable bonds is 3. The van der Waals surface area contributed by atoms with Gasteiger partial charge in [0.1, 0.15) is 5.82 Å². The van der Waals surface area contributed by atoms with Crippen LogP contribution in [0, 0.1) is 5.41 Å². The number of nitrogens with one attached hydrogen (secondary N) is 1. The number of nitrogens with zero attached hydrogens (tertiary/aromatic N) is 3. The minimum atomic E-state index is -4.36. The molecule has 0 aromatic carbocycles. The Morgan fingerprint density at radius 3 is 2.68 bits per heavy atom. The Hall–Kier alpha value is -1.77. The molecule has 1 aromatic heterocycles. The number of carbonyl (C=O) groups excluding carboxylic acids is 1. The van der Waals surface area contributed by atoms with Crippen LogP contribution < -0.4 is 5.32 Å². The van der Waals surface area contributed by atoms with Gasteiger partial charge < -0.3 is 15.0 Å². The lowest BCUT2D eigenvalue weighted by atomic mass is 9.82. The van der Waals surface area contributed by atoms with Gasteiger partial charge in [0, 0.05) is 37.7 Å². The average molecular weight is 443 g/mol. The molecule has 6 nitrogen and oxygen atoms in total. The minimum Gasteiger partial charge on any atom is -0.378 e. The molecule has 3 aliphatic heterocycles. The van der Waals surface area contributed by atoms with Crippen molar-refractivity contribution >= 4 is 11.7 Å². The third-order valence-corrected chi connectivity index (χ3v) is 6.89. The molecule has 4 atom stereocenters. The molecule has 1 aromatic rings. The number of halogens is 3. The van der Waals surface area contributed by atoms with Gasteiger partial charge in [-0.2, -0.15) is 18.3 Å². The Bertz CT molecular complexity index is 796. The van der Waals surface area contributed by atoms with Crippen LogP contribution in [-0.2, 0) is 9.53 Å². The number of ether oxygens (including phenoxy) is 1. The van der Waals surface area contributed by atoms with Crippen LogP contribution in [0.1, 0.15) is 76.9 Å². The number of likely N-dealkylation sites (tertiary alicyclic amines) is 1. The van der Waals surface area contributed by atoms with Crippen molar-refractivity contribution in [1.29, 1.82) is 0 Å².